The fourth-order valence-electron chi connectivity index (χ4n) is 4.30. The molecule has 4 rings (SSSR count). The molecule has 2 N–H and O–H groups in total. The number of hydrogen-bond acceptors (Lipinski definition) is 6. The Labute approximate surface area is 196 Å². The van der Waals surface area contributed by atoms with Crippen molar-refractivity contribution < 1.29 is 4.74 Å². The molecule has 1 atom stereocenters. The highest BCUT2D eigenvalue weighted by Crippen LogP contribution is 2.27. The van der Waals surface area contributed by atoms with E-state index in [2.05, 4.69) is 57.7 Å². The standard InChI is InChI=1S/C24H34N6OS/c1-19-8-5-6-13-30(19)22-18-21(29-14-16-31-17-15-29)26-23(27-22)28-24(32)25-12-7-11-20-9-3-2-4-10-20/h2-4,9-10,18-19H,5-8,11-17H2,1H3,(H2,25,26,27,28,32)/t19-/m0/s1. The van der Waals surface area contributed by atoms with Gasteiger partial charge in [0.05, 0.1) is 13.2 Å². The molecule has 2 saturated heterocycles. The van der Waals surface area contributed by atoms with E-state index in [1.54, 1.807) is 0 Å². The Morgan fingerprint density at radius 3 is 2.66 bits per heavy atom. The molecule has 1 aromatic carbocycles. The second kappa shape index (κ2) is 11.4. The second-order valence-electron chi connectivity index (χ2n) is 8.52. The van der Waals surface area contributed by atoms with Crippen LogP contribution in [0.5, 0.6) is 0 Å². The van der Waals surface area contributed by atoms with Crippen molar-refractivity contribution in [1.82, 2.24) is 15.3 Å². The van der Waals surface area contributed by atoms with Crippen LogP contribution in [0.1, 0.15) is 38.2 Å². The Hall–Kier alpha value is -2.45. The highest BCUT2D eigenvalue weighted by Gasteiger charge is 2.23. The maximum absolute atomic E-state index is 5.54. The molecule has 0 aliphatic carbocycles. The van der Waals surface area contributed by atoms with E-state index in [-0.39, 0.29) is 0 Å². The Balaban J connectivity index is 1.40. The first-order chi connectivity index (χ1) is 15.7. The van der Waals surface area contributed by atoms with E-state index < -0.39 is 0 Å². The van der Waals surface area contributed by atoms with E-state index in [0.717, 1.165) is 63.9 Å². The molecule has 0 bridgehead atoms. The molecule has 2 fully saturated rings. The predicted octanol–water partition coefficient (Wildman–Crippen LogP) is 3.61. The highest BCUT2D eigenvalue weighted by molar-refractivity contribution is 7.80. The summed E-state index contributed by atoms with van der Waals surface area (Å²) in [4.78, 5) is 14.3. The molecular formula is C24H34N6OS. The molecule has 32 heavy (non-hydrogen) atoms. The summed E-state index contributed by atoms with van der Waals surface area (Å²) in [6, 6.07) is 13.1. The molecular weight excluding hydrogens is 420 g/mol. The van der Waals surface area contributed by atoms with Crippen LogP contribution in [0, 0.1) is 0 Å². The Morgan fingerprint density at radius 2 is 1.88 bits per heavy atom. The van der Waals surface area contributed by atoms with Crippen molar-refractivity contribution in [1.29, 1.82) is 0 Å². The third-order valence-electron chi connectivity index (χ3n) is 6.13. The SMILES string of the molecule is C[C@H]1CCCCN1c1cc(N2CCOCC2)nc(NC(=S)NCCCc2ccccc2)n1. The van der Waals surface area contributed by atoms with Crippen LogP contribution in [-0.2, 0) is 11.2 Å². The Kier molecular flexibility index (Phi) is 8.12. The summed E-state index contributed by atoms with van der Waals surface area (Å²) in [5.74, 6) is 2.47. The minimum absolute atomic E-state index is 0.479. The number of ether oxygens (including phenoxy) is 1. The van der Waals surface area contributed by atoms with Gasteiger partial charge in [0.25, 0.3) is 0 Å². The summed E-state index contributed by atoms with van der Waals surface area (Å²) in [6.45, 7) is 7.25. The molecule has 0 amide bonds. The third-order valence-corrected chi connectivity index (χ3v) is 6.37. The zero-order chi connectivity index (χ0) is 22.2. The lowest BCUT2D eigenvalue weighted by molar-refractivity contribution is 0.122. The fraction of sp³-hybridized carbons (Fsp3) is 0.542. The summed E-state index contributed by atoms with van der Waals surface area (Å²) < 4.78 is 5.52. The number of rotatable bonds is 7. The van der Waals surface area contributed by atoms with Crippen LogP contribution in [0.25, 0.3) is 0 Å². The van der Waals surface area contributed by atoms with Crippen molar-refractivity contribution in [2.75, 3.05) is 54.5 Å². The smallest absolute Gasteiger partial charge is 0.232 e. The number of aryl methyl sites for hydroxylation is 1. The fourth-order valence-corrected chi connectivity index (χ4v) is 4.50. The molecule has 7 nitrogen and oxygen atoms in total. The van der Waals surface area contributed by atoms with Crippen LogP contribution < -0.4 is 20.4 Å². The molecule has 0 spiro atoms. The van der Waals surface area contributed by atoms with Gasteiger partial charge in [-0.3, -0.25) is 0 Å². The first-order valence-electron chi connectivity index (χ1n) is 11.8. The molecule has 2 aromatic rings. The summed E-state index contributed by atoms with van der Waals surface area (Å²) in [5.41, 5.74) is 1.34. The van der Waals surface area contributed by atoms with Crippen LogP contribution in [-0.4, -0.2) is 60.5 Å². The van der Waals surface area contributed by atoms with Crippen LogP contribution in [0.3, 0.4) is 0 Å². The van der Waals surface area contributed by atoms with E-state index >= 15 is 0 Å². The number of piperidine rings is 1. The van der Waals surface area contributed by atoms with E-state index in [9.17, 15) is 0 Å². The van der Waals surface area contributed by atoms with Crippen LogP contribution in [0.2, 0.25) is 0 Å². The van der Waals surface area contributed by atoms with Gasteiger partial charge in [0, 0.05) is 38.3 Å². The summed E-state index contributed by atoms with van der Waals surface area (Å²) in [7, 11) is 0. The van der Waals surface area contributed by atoms with Crippen molar-refractivity contribution in [3.63, 3.8) is 0 Å². The molecule has 3 heterocycles. The molecule has 1 aromatic heterocycles. The van der Waals surface area contributed by atoms with Crippen molar-refractivity contribution in [3.05, 3.63) is 42.0 Å². The van der Waals surface area contributed by atoms with E-state index in [0.29, 0.717) is 17.1 Å². The number of hydrogen-bond donors (Lipinski definition) is 2. The normalized spacial score (nSPS) is 19.0. The average molecular weight is 455 g/mol. The number of aromatic nitrogens is 2. The Bertz CT molecular complexity index is 874. The maximum atomic E-state index is 5.54. The number of anilines is 3. The average Bonchev–Trinajstić information content (AvgIpc) is 2.83. The van der Waals surface area contributed by atoms with Gasteiger partial charge in [-0.25, -0.2) is 0 Å². The maximum Gasteiger partial charge on any atom is 0.232 e. The monoisotopic (exact) mass is 454 g/mol. The summed E-state index contributed by atoms with van der Waals surface area (Å²) in [5, 5.41) is 7.09. The van der Waals surface area contributed by atoms with Crippen molar-refractivity contribution in [3.8, 4) is 0 Å². The second-order valence-corrected chi connectivity index (χ2v) is 8.92. The van der Waals surface area contributed by atoms with Gasteiger partial charge in [0.15, 0.2) is 5.11 Å². The first kappa shape index (κ1) is 22.7. The zero-order valence-corrected chi connectivity index (χ0v) is 19.7. The molecule has 172 valence electrons. The largest absolute Gasteiger partial charge is 0.378 e. The van der Waals surface area contributed by atoms with Gasteiger partial charge in [0.2, 0.25) is 5.95 Å². The van der Waals surface area contributed by atoms with Gasteiger partial charge in [0.1, 0.15) is 11.6 Å². The molecule has 0 unspecified atom stereocenters. The minimum atomic E-state index is 0.479. The van der Waals surface area contributed by atoms with Gasteiger partial charge in [-0.2, -0.15) is 9.97 Å². The predicted molar refractivity (Wildman–Crippen MR) is 135 cm³/mol. The van der Waals surface area contributed by atoms with Gasteiger partial charge in [-0.15, -0.1) is 0 Å². The van der Waals surface area contributed by atoms with E-state index in [4.69, 9.17) is 26.9 Å². The van der Waals surface area contributed by atoms with Gasteiger partial charge >= 0.3 is 0 Å². The minimum Gasteiger partial charge on any atom is -0.378 e. The molecule has 0 radical (unpaired) electrons. The third kappa shape index (κ3) is 6.29. The summed E-state index contributed by atoms with van der Waals surface area (Å²) >= 11 is 5.54. The zero-order valence-electron chi connectivity index (χ0n) is 18.9. The van der Waals surface area contributed by atoms with Gasteiger partial charge < -0.3 is 25.2 Å². The lowest BCUT2D eigenvalue weighted by Crippen LogP contribution is -2.40. The van der Waals surface area contributed by atoms with Crippen molar-refractivity contribution in [2.45, 2.75) is 45.1 Å². The number of morpholine rings is 1. The van der Waals surface area contributed by atoms with Crippen LogP contribution in [0.4, 0.5) is 17.6 Å². The number of benzene rings is 1. The van der Waals surface area contributed by atoms with Crippen LogP contribution in [0.15, 0.2) is 36.4 Å². The quantitative estimate of drug-likeness (QED) is 0.486. The van der Waals surface area contributed by atoms with E-state index in [1.807, 2.05) is 6.07 Å². The van der Waals surface area contributed by atoms with Crippen molar-refractivity contribution >= 4 is 34.9 Å². The van der Waals surface area contributed by atoms with E-state index in [1.165, 1.54) is 24.8 Å². The van der Waals surface area contributed by atoms with Gasteiger partial charge in [-0.05, 0) is 56.8 Å². The van der Waals surface area contributed by atoms with Crippen molar-refractivity contribution in [2.24, 2.45) is 0 Å². The summed E-state index contributed by atoms with van der Waals surface area (Å²) in [6.07, 6.45) is 5.71. The molecule has 2 aliphatic rings. The topological polar surface area (TPSA) is 65.6 Å². The molecule has 0 saturated carbocycles. The molecule has 2 aliphatic heterocycles. The number of nitrogens with zero attached hydrogens (tertiary/aromatic N) is 4. The Morgan fingerprint density at radius 1 is 1.09 bits per heavy atom. The highest BCUT2D eigenvalue weighted by atomic mass is 32.1. The lowest BCUT2D eigenvalue weighted by Gasteiger charge is -2.35. The van der Waals surface area contributed by atoms with Crippen LogP contribution >= 0.6 is 12.2 Å². The number of thiocarbonyl (C=S) groups is 1. The number of nitrogens with one attached hydrogen (secondary N) is 2. The molecule has 8 heteroatoms. The first-order valence-corrected chi connectivity index (χ1v) is 12.2. The lowest BCUT2D eigenvalue weighted by atomic mass is 10.0. The van der Waals surface area contributed by atoms with Gasteiger partial charge in [-0.1, -0.05) is 30.3 Å².